The minimum atomic E-state index is -0.521. The Morgan fingerprint density at radius 1 is 1.18 bits per heavy atom. The normalized spacial score (nSPS) is 12.2. The number of thiazole rings is 1. The predicted octanol–water partition coefficient (Wildman–Crippen LogP) is 4.13. The average Bonchev–Trinajstić information content (AvgIpc) is 2.89. The van der Waals surface area contributed by atoms with Crippen LogP contribution < -0.4 is 16.0 Å². The van der Waals surface area contributed by atoms with Crippen molar-refractivity contribution in [3.8, 4) is 0 Å². The molecule has 0 saturated heterocycles. The third kappa shape index (κ3) is 8.93. The molecule has 0 unspecified atom stereocenters. The molecule has 0 spiro atoms. The Kier molecular flexibility index (Phi) is 11.3. The van der Waals surface area contributed by atoms with Crippen molar-refractivity contribution in [1.82, 2.24) is 20.9 Å². The van der Waals surface area contributed by atoms with Crippen molar-refractivity contribution in [2.75, 3.05) is 13.6 Å². The highest BCUT2D eigenvalue weighted by Gasteiger charge is 2.30. The van der Waals surface area contributed by atoms with Gasteiger partial charge in [0, 0.05) is 18.5 Å². The summed E-state index contributed by atoms with van der Waals surface area (Å²) >= 11 is 1.68. The molecule has 1 aromatic rings. The summed E-state index contributed by atoms with van der Waals surface area (Å²) in [7, 11) is 1.74. The molecule has 3 N–H and O–H groups in total. The molecule has 7 nitrogen and oxygen atoms in total. The van der Waals surface area contributed by atoms with E-state index >= 15 is 0 Å². The first-order valence-electron chi connectivity index (χ1n) is 9.42. The number of nitrogens with one attached hydrogen (secondary N) is 3. The van der Waals surface area contributed by atoms with Crippen LogP contribution in [0.25, 0.3) is 0 Å². The van der Waals surface area contributed by atoms with Gasteiger partial charge in [-0.25, -0.2) is 9.78 Å². The summed E-state index contributed by atoms with van der Waals surface area (Å²) in [6.07, 6.45) is 1.16. The molecule has 0 atom stereocenters. The molecule has 9 heteroatoms. The molecule has 0 saturated carbocycles. The van der Waals surface area contributed by atoms with Gasteiger partial charge in [0.15, 0.2) is 5.96 Å². The number of aromatic nitrogens is 1. The monoisotopic (exact) mass is 525 g/mol. The first-order chi connectivity index (χ1) is 12.5. The molecule has 1 heterocycles. The first kappa shape index (κ1) is 26.9. The highest BCUT2D eigenvalue weighted by Crippen LogP contribution is 2.17. The molecular weight excluding hydrogens is 489 g/mol. The predicted molar refractivity (Wildman–Crippen MR) is 128 cm³/mol. The lowest BCUT2D eigenvalue weighted by Crippen LogP contribution is -2.57. The van der Waals surface area contributed by atoms with Gasteiger partial charge >= 0.3 is 6.09 Å². The van der Waals surface area contributed by atoms with Crippen LogP contribution in [-0.4, -0.2) is 41.8 Å². The summed E-state index contributed by atoms with van der Waals surface area (Å²) < 4.78 is 5.42. The molecule has 162 valence electrons. The van der Waals surface area contributed by atoms with Crippen molar-refractivity contribution in [3.05, 3.63) is 15.6 Å². The second-order valence-corrected chi connectivity index (χ2v) is 8.92. The topological polar surface area (TPSA) is 87.6 Å². The molecule has 1 amide bonds. The zero-order valence-electron chi connectivity index (χ0n) is 18.4. The summed E-state index contributed by atoms with van der Waals surface area (Å²) in [4.78, 5) is 22.2. The third-order valence-corrected chi connectivity index (χ3v) is 5.43. The van der Waals surface area contributed by atoms with Crippen LogP contribution in [0.4, 0.5) is 4.79 Å². The second kappa shape index (κ2) is 11.8. The molecule has 0 aliphatic rings. The zero-order chi connectivity index (χ0) is 20.7. The summed E-state index contributed by atoms with van der Waals surface area (Å²) in [6.45, 7) is 14.9. The van der Waals surface area contributed by atoms with Crippen molar-refractivity contribution in [1.29, 1.82) is 0 Å². The minimum absolute atomic E-state index is 0. The maximum absolute atomic E-state index is 12.2. The third-order valence-electron chi connectivity index (χ3n) is 4.35. The second-order valence-electron chi connectivity index (χ2n) is 7.64. The number of guanidine groups is 1. The van der Waals surface area contributed by atoms with Gasteiger partial charge in [-0.3, -0.25) is 4.99 Å². The van der Waals surface area contributed by atoms with Crippen LogP contribution >= 0.6 is 35.3 Å². The zero-order valence-corrected chi connectivity index (χ0v) is 21.5. The number of hydrogen-bond acceptors (Lipinski definition) is 5. The number of hydrogen-bond donors (Lipinski definition) is 3. The number of aryl methyl sites for hydroxylation is 2. The summed E-state index contributed by atoms with van der Waals surface area (Å²) in [6, 6.07) is 0. The maximum atomic E-state index is 12.2. The van der Waals surface area contributed by atoms with Gasteiger partial charge < -0.3 is 20.7 Å². The van der Waals surface area contributed by atoms with Crippen LogP contribution in [-0.2, 0) is 11.3 Å². The number of rotatable bonds is 7. The number of amides is 1. The van der Waals surface area contributed by atoms with E-state index in [4.69, 9.17) is 4.74 Å². The van der Waals surface area contributed by atoms with Gasteiger partial charge in [-0.15, -0.1) is 35.3 Å². The van der Waals surface area contributed by atoms with E-state index in [1.807, 2.05) is 34.6 Å². The molecule has 1 rings (SSSR count). The molecule has 0 aliphatic carbocycles. The largest absolute Gasteiger partial charge is 0.444 e. The quantitative estimate of drug-likeness (QED) is 0.283. The number of halogens is 1. The van der Waals surface area contributed by atoms with Crippen LogP contribution in [0, 0.1) is 13.8 Å². The van der Waals surface area contributed by atoms with Crippen molar-refractivity contribution in [2.45, 2.75) is 79.0 Å². The number of carbonyl (C=O) groups excluding carboxylic acids is 1. The summed E-state index contributed by atoms with van der Waals surface area (Å²) in [5.74, 6) is 0.692. The van der Waals surface area contributed by atoms with Gasteiger partial charge in [0.1, 0.15) is 5.60 Å². The Bertz CT molecular complexity index is 651. The molecular formula is C19H36IN5O2S. The molecule has 0 radical (unpaired) electrons. The van der Waals surface area contributed by atoms with E-state index in [0.717, 1.165) is 23.5 Å². The summed E-state index contributed by atoms with van der Waals surface area (Å²) in [5.41, 5.74) is 0.118. The molecule has 0 bridgehead atoms. The smallest absolute Gasteiger partial charge is 0.408 e. The van der Waals surface area contributed by atoms with E-state index in [2.05, 4.69) is 39.8 Å². The van der Waals surface area contributed by atoms with Gasteiger partial charge in [0.2, 0.25) is 0 Å². The van der Waals surface area contributed by atoms with E-state index in [0.29, 0.717) is 19.0 Å². The fraction of sp³-hybridized carbons (Fsp3) is 0.737. The van der Waals surface area contributed by atoms with Crippen molar-refractivity contribution in [3.63, 3.8) is 0 Å². The van der Waals surface area contributed by atoms with Gasteiger partial charge in [0.05, 0.1) is 22.8 Å². The minimum Gasteiger partial charge on any atom is -0.444 e. The molecule has 0 aromatic carbocycles. The maximum Gasteiger partial charge on any atom is 0.408 e. The van der Waals surface area contributed by atoms with Gasteiger partial charge in [-0.05, 0) is 47.5 Å². The lowest BCUT2D eigenvalue weighted by atomic mass is 9.93. The van der Waals surface area contributed by atoms with Crippen molar-refractivity contribution < 1.29 is 9.53 Å². The molecule has 0 aliphatic heterocycles. The number of alkyl carbamates (subject to hydrolysis) is 1. The Balaban J connectivity index is 0.00000729. The van der Waals surface area contributed by atoms with E-state index < -0.39 is 17.2 Å². The molecule has 1 aromatic heterocycles. The van der Waals surface area contributed by atoms with E-state index in [1.165, 1.54) is 4.88 Å². The van der Waals surface area contributed by atoms with E-state index in [-0.39, 0.29) is 24.0 Å². The first-order valence-corrected chi connectivity index (χ1v) is 10.2. The van der Waals surface area contributed by atoms with Crippen LogP contribution in [0.15, 0.2) is 4.99 Å². The lowest BCUT2D eigenvalue weighted by molar-refractivity contribution is 0.0448. The number of ether oxygens (including phenoxy) is 1. The molecule has 0 fully saturated rings. The molecule has 28 heavy (non-hydrogen) atoms. The highest BCUT2D eigenvalue weighted by atomic mass is 127. The van der Waals surface area contributed by atoms with Gasteiger partial charge in [-0.1, -0.05) is 13.8 Å². The van der Waals surface area contributed by atoms with Crippen molar-refractivity contribution in [2.24, 2.45) is 4.99 Å². The fourth-order valence-electron chi connectivity index (χ4n) is 2.62. The highest BCUT2D eigenvalue weighted by molar-refractivity contribution is 14.0. The SMILES string of the molecule is CCC(CC)(CNC(=NC)NCc1sc(C)nc1C)NC(=O)OC(C)(C)C.I. The standard InChI is InChI=1S/C19H35N5O2S.HI/c1-9-19(10-2,24-17(25)26-18(5,6)7)12-22-16(20-8)21-11-15-13(3)23-14(4)27-15;/h9-12H2,1-8H3,(H,24,25)(H2,20,21,22);1H. The van der Waals surface area contributed by atoms with Gasteiger partial charge in [-0.2, -0.15) is 0 Å². The Morgan fingerprint density at radius 2 is 1.79 bits per heavy atom. The average molecular weight is 526 g/mol. The number of nitrogens with zero attached hydrogens (tertiary/aromatic N) is 2. The Labute approximate surface area is 190 Å². The fourth-order valence-corrected chi connectivity index (χ4v) is 3.49. The van der Waals surface area contributed by atoms with Gasteiger partial charge in [0.25, 0.3) is 0 Å². The van der Waals surface area contributed by atoms with Crippen LogP contribution in [0.1, 0.15) is 63.0 Å². The van der Waals surface area contributed by atoms with Crippen molar-refractivity contribution >= 4 is 47.4 Å². The van der Waals surface area contributed by atoms with Crippen LogP contribution in [0.5, 0.6) is 0 Å². The number of aliphatic imine (C=N–C) groups is 1. The Hall–Kier alpha value is -1.10. The number of carbonyl (C=O) groups is 1. The lowest BCUT2D eigenvalue weighted by Gasteiger charge is -2.34. The Morgan fingerprint density at radius 3 is 2.21 bits per heavy atom. The summed E-state index contributed by atoms with van der Waals surface area (Å²) in [5, 5.41) is 10.7. The van der Waals surface area contributed by atoms with E-state index in [9.17, 15) is 4.79 Å². The van der Waals surface area contributed by atoms with Crippen LogP contribution in [0.2, 0.25) is 0 Å². The van der Waals surface area contributed by atoms with E-state index in [1.54, 1.807) is 18.4 Å². The van der Waals surface area contributed by atoms with Crippen LogP contribution in [0.3, 0.4) is 0 Å².